The van der Waals surface area contributed by atoms with Gasteiger partial charge in [-0.15, -0.1) is 0 Å². The van der Waals surface area contributed by atoms with Gasteiger partial charge in [-0.1, -0.05) is 12.1 Å². The molecule has 0 aliphatic rings. The standard InChI is InChI=1S/C13H10FNO3/c1-7-2-3-8(4-10(7)14)12(16)9-5-11(13(17)18)15-6-9/h2-6,15H,1H3,(H,17,18). The first-order valence-corrected chi connectivity index (χ1v) is 5.21. The lowest BCUT2D eigenvalue weighted by molar-refractivity contribution is 0.0691. The molecule has 0 saturated carbocycles. The van der Waals surface area contributed by atoms with E-state index in [1.165, 1.54) is 24.4 Å². The summed E-state index contributed by atoms with van der Waals surface area (Å²) in [4.78, 5) is 25.1. The van der Waals surface area contributed by atoms with Gasteiger partial charge in [-0.2, -0.15) is 0 Å². The molecule has 2 aromatic rings. The first-order chi connectivity index (χ1) is 8.49. The second kappa shape index (κ2) is 4.44. The highest BCUT2D eigenvalue weighted by atomic mass is 19.1. The number of aromatic nitrogens is 1. The fourth-order valence-corrected chi connectivity index (χ4v) is 1.55. The van der Waals surface area contributed by atoms with E-state index in [2.05, 4.69) is 4.98 Å². The third-order valence-corrected chi connectivity index (χ3v) is 2.61. The second-order valence-corrected chi connectivity index (χ2v) is 3.90. The molecule has 0 unspecified atom stereocenters. The van der Waals surface area contributed by atoms with Gasteiger partial charge in [0.25, 0.3) is 0 Å². The minimum Gasteiger partial charge on any atom is -0.477 e. The van der Waals surface area contributed by atoms with Crippen molar-refractivity contribution in [2.75, 3.05) is 0 Å². The van der Waals surface area contributed by atoms with E-state index < -0.39 is 17.6 Å². The molecule has 0 radical (unpaired) electrons. The number of aromatic carboxylic acids is 1. The smallest absolute Gasteiger partial charge is 0.352 e. The van der Waals surface area contributed by atoms with Crippen LogP contribution < -0.4 is 0 Å². The summed E-state index contributed by atoms with van der Waals surface area (Å²) in [7, 11) is 0. The molecule has 0 bridgehead atoms. The van der Waals surface area contributed by atoms with Gasteiger partial charge >= 0.3 is 5.97 Å². The van der Waals surface area contributed by atoms with Crippen molar-refractivity contribution < 1.29 is 19.1 Å². The maximum atomic E-state index is 13.3. The third kappa shape index (κ3) is 2.15. The lowest BCUT2D eigenvalue weighted by Gasteiger charge is -2.00. The van der Waals surface area contributed by atoms with E-state index in [4.69, 9.17) is 5.11 Å². The summed E-state index contributed by atoms with van der Waals surface area (Å²) < 4.78 is 13.3. The lowest BCUT2D eigenvalue weighted by atomic mass is 10.0. The van der Waals surface area contributed by atoms with Crippen molar-refractivity contribution in [2.45, 2.75) is 6.92 Å². The van der Waals surface area contributed by atoms with Gasteiger partial charge in [-0.25, -0.2) is 9.18 Å². The van der Waals surface area contributed by atoms with E-state index in [9.17, 15) is 14.0 Å². The Morgan fingerprint density at radius 2 is 1.94 bits per heavy atom. The zero-order valence-electron chi connectivity index (χ0n) is 9.53. The Labute approximate surface area is 102 Å². The number of aryl methyl sites for hydroxylation is 1. The molecule has 1 heterocycles. The maximum absolute atomic E-state index is 13.3. The molecule has 0 aliphatic carbocycles. The summed E-state index contributed by atoms with van der Waals surface area (Å²) in [6.07, 6.45) is 1.30. The molecule has 0 saturated heterocycles. The minimum absolute atomic E-state index is 0.0778. The first kappa shape index (κ1) is 12.0. The van der Waals surface area contributed by atoms with Crippen LogP contribution in [0, 0.1) is 12.7 Å². The van der Waals surface area contributed by atoms with Crippen LogP contribution in [0.5, 0.6) is 0 Å². The highest BCUT2D eigenvalue weighted by Gasteiger charge is 2.14. The molecule has 0 atom stereocenters. The Morgan fingerprint density at radius 3 is 2.50 bits per heavy atom. The van der Waals surface area contributed by atoms with Gasteiger partial charge in [0.05, 0.1) is 0 Å². The van der Waals surface area contributed by atoms with E-state index in [1.807, 2.05) is 0 Å². The number of carbonyl (C=O) groups is 2. The molecule has 0 spiro atoms. The van der Waals surface area contributed by atoms with Crippen LogP contribution in [-0.4, -0.2) is 21.8 Å². The molecule has 0 fully saturated rings. The van der Waals surface area contributed by atoms with Crippen molar-refractivity contribution >= 4 is 11.8 Å². The molecule has 18 heavy (non-hydrogen) atoms. The SMILES string of the molecule is Cc1ccc(C(=O)c2c[nH]c(C(=O)O)c2)cc1F. The van der Waals surface area contributed by atoms with Crippen LogP contribution in [-0.2, 0) is 0 Å². The maximum Gasteiger partial charge on any atom is 0.352 e. The van der Waals surface area contributed by atoms with E-state index in [0.717, 1.165) is 6.07 Å². The zero-order chi connectivity index (χ0) is 13.3. The molecule has 0 amide bonds. The number of hydrogen-bond acceptors (Lipinski definition) is 2. The van der Waals surface area contributed by atoms with Crippen molar-refractivity contribution in [3.05, 3.63) is 58.7 Å². The van der Waals surface area contributed by atoms with E-state index in [0.29, 0.717) is 5.56 Å². The molecule has 92 valence electrons. The Balaban J connectivity index is 2.35. The number of nitrogens with one attached hydrogen (secondary N) is 1. The van der Waals surface area contributed by atoms with Gasteiger partial charge in [-0.3, -0.25) is 4.79 Å². The van der Waals surface area contributed by atoms with Crippen molar-refractivity contribution in [3.8, 4) is 0 Å². The number of rotatable bonds is 3. The summed E-state index contributed by atoms with van der Waals surface area (Å²) in [6.45, 7) is 1.60. The molecular formula is C13H10FNO3. The van der Waals surface area contributed by atoms with Crippen LogP contribution in [0.4, 0.5) is 4.39 Å². The summed E-state index contributed by atoms with van der Waals surface area (Å²) in [5, 5.41) is 8.73. The number of ketones is 1. The minimum atomic E-state index is -1.15. The molecule has 5 heteroatoms. The first-order valence-electron chi connectivity index (χ1n) is 5.21. The van der Waals surface area contributed by atoms with Gasteiger partial charge < -0.3 is 10.1 Å². The number of hydrogen-bond donors (Lipinski definition) is 2. The summed E-state index contributed by atoms with van der Waals surface area (Å²) in [5.74, 6) is -2.03. The van der Waals surface area contributed by atoms with E-state index in [1.54, 1.807) is 6.92 Å². The predicted octanol–water partition coefficient (Wildman–Crippen LogP) is 2.39. The number of halogens is 1. The van der Waals surface area contributed by atoms with Gasteiger partial charge in [0, 0.05) is 17.3 Å². The zero-order valence-corrected chi connectivity index (χ0v) is 9.53. The summed E-state index contributed by atoms with van der Waals surface area (Å²) >= 11 is 0. The number of carboxylic acids is 1. The predicted molar refractivity (Wildman–Crippen MR) is 62.3 cm³/mol. The number of aromatic amines is 1. The molecule has 1 aromatic heterocycles. The van der Waals surface area contributed by atoms with Crippen LogP contribution in [0.25, 0.3) is 0 Å². The van der Waals surface area contributed by atoms with Crippen LogP contribution >= 0.6 is 0 Å². The Bertz CT molecular complexity index is 631. The number of carboxylic acid groups (broad SMARTS) is 1. The van der Waals surface area contributed by atoms with Crippen molar-refractivity contribution in [3.63, 3.8) is 0 Å². The molecular weight excluding hydrogens is 237 g/mol. The Morgan fingerprint density at radius 1 is 1.22 bits per heavy atom. The lowest BCUT2D eigenvalue weighted by Crippen LogP contribution is -2.01. The topological polar surface area (TPSA) is 70.2 Å². The summed E-state index contributed by atoms with van der Waals surface area (Å²) in [6, 6.07) is 5.38. The third-order valence-electron chi connectivity index (χ3n) is 2.61. The van der Waals surface area contributed by atoms with Crippen LogP contribution in [0.2, 0.25) is 0 Å². The van der Waals surface area contributed by atoms with Gasteiger partial charge in [0.1, 0.15) is 11.5 Å². The molecule has 2 rings (SSSR count). The van der Waals surface area contributed by atoms with Gasteiger partial charge in [0.2, 0.25) is 0 Å². The quantitative estimate of drug-likeness (QED) is 0.818. The average Bonchev–Trinajstić information content (AvgIpc) is 2.81. The van der Waals surface area contributed by atoms with Crippen LogP contribution in [0.1, 0.15) is 32.0 Å². The summed E-state index contributed by atoms with van der Waals surface area (Å²) in [5.41, 5.74) is 0.752. The molecule has 4 nitrogen and oxygen atoms in total. The number of benzene rings is 1. The van der Waals surface area contributed by atoms with Gasteiger partial charge in [-0.05, 0) is 24.6 Å². The molecule has 0 aliphatic heterocycles. The average molecular weight is 247 g/mol. The van der Waals surface area contributed by atoms with Crippen molar-refractivity contribution in [1.82, 2.24) is 4.98 Å². The van der Waals surface area contributed by atoms with Crippen LogP contribution in [0.15, 0.2) is 30.5 Å². The molecule has 1 aromatic carbocycles. The van der Waals surface area contributed by atoms with Crippen molar-refractivity contribution in [1.29, 1.82) is 0 Å². The second-order valence-electron chi connectivity index (χ2n) is 3.90. The van der Waals surface area contributed by atoms with Gasteiger partial charge in [0.15, 0.2) is 5.78 Å². The monoisotopic (exact) mass is 247 g/mol. The fraction of sp³-hybridized carbons (Fsp3) is 0.0769. The molecule has 2 N–H and O–H groups in total. The Kier molecular flexibility index (Phi) is 2.97. The largest absolute Gasteiger partial charge is 0.477 e. The fourth-order valence-electron chi connectivity index (χ4n) is 1.55. The Hall–Kier alpha value is -2.43. The van der Waals surface area contributed by atoms with Crippen LogP contribution in [0.3, 0.4) is 0 Å². The van der Waals surface area contributed by atoms with Crippen molar-refractivity contribution in [2.24, 2.45) is 0 Å². The highest BCUT2D eigenvalue weighted by molar-refractivity contribution is 6.09. The number of H-pyrrole nitrogens is 1. The van der Waals surface area contributed by atoms with E-state index >= 15 is 0 Å². The van der Waals surface area contributed by atoms with E-state index in [-0.39, 0.29) is 16.8 Å². The normalized spacial score (nSPS) is 10.3. The highest BCUT2D eigenvalue weighted by Crippen LogP contribution is 2.14. The number of carbonyl (C=O) groups excluding carboxylic acids is 1.